The van der Waals surface area contributed by atoms with Crippen LogP contribution < -0.4 is 0 Å². The largest absolute Gasteiger partial charge is 0.342 e. The second-order valence-electron chi connectivity index (χ2n) is 5.35. The molecule has 0 bridgehead atoms. The summed E-state index contributed by atoms with van der Waals surface area (Å²) in [5, 5.41) is 8.76. The van der Waals surface area contributed by atoms with Gasteiger partial charge in [-0.3, -0.25) is 0 Å². The van der Waals surface area contributed by atoms with Gasteiger partial charge in [-0.15, -0.1) is 10.2 Å². The normalized spacial score (nSPS) is 24.8. The van der Waals surface area contributed by atoms with Crippen LogP contribution in [-0.4, -0.2) is 27.5 Å². The number of aromatic nitrogens is 3. The van der Waals surface area contributed by atoms with Gasteiger partial charge >= 0.3 is 0 Å². The van der Waals surface area contributed by atoms with Gasteiger partial charge in [0.2, 0.25) is 5.79 Å². The fourth-order valence-electron chi connectivity index (χ4n) is 2.68. The quantitative estimate of drug-likeness (QED) is 0.832. The second-order valence-corrected chi connectivity index (χ2v) is 6.19. The zero-order chi connectivity index (χ0) is 15.6. The number of hydrogen-bond donors (Lipinski definition) is 0. The Bertz CT molecular complexity index is 636. The van der Waals surface area contributed by atoms with Gasteiger partial charge in [-0.05, 0) is 18.6 Å². The number of halogens is 2. The van der Waals surface area contributed by atoms with Gasteiger partial charge in [0.25, 0.3) is 0 Å². The van der Waals surface area contributed by atoms with Crippen molar-refractivity contribution in [3.05, 3.63) is 46.5 Å². The lowest BCUT2D eigenvalue weighted by Gasteiger charge is -2.29. The molecule has 2 unspecified atom stereocenters. The van der Waals surface area contributed by atoms with E-state index in [2.05, 4.69) is 17.1 Å². The fraction of sp³-hybridized carbons (Fsp3) is 0.467. The summed E-state index contributed by atoms with van der Waals surface area (Å²) in [6.45, 7) is 3.09. The molecule has 0 N–H and O–H groups in total. The summed E-state index contributed by atoms with van der Waals surface area (Å²) >= 11 is 12.4. The van der Waals surface area contributed by atoms with Crippen LogP contribution in [0.3, 0.4) is 0 Å². The maximum absolute atomic E-state index is 6.38. The van der Waals surface area contributed by atoms with Crippen molar-refractivity contribution in [2.75, 3.05) is 6.61 Å². The van der Waals surface area contributed by atoms with Crippen LogP contribution in [-0.2, 0) is 21.8 Å². The molecule has 1 aromatic heterocycles. The molecule has 2 heterocycles. The number of nitrogens with zero attached hydrogens (tertiary/aromatic N) is 3. The average Bonchev–Trinajstić information content (AvgIpc) is 3.10. The molecule has 22 heavy (non-hydrogen) atoms. The maximum Gasteiger partial charge on any atom is 0.215 e. The molecule has 5 nitrogen and oxygen atoms in total. The van der Waals surface area contributed by atoms with Crippen molar-refractivity contribution >= 4 is 23.2 Å². The van der Waals surface area contributed by atoms with E-state index in [1.807, 2.05) is 10.6 Å². The molecular formula is C15H17Cl2N3O2. The monoisotopic (exact) mass is 341 g/mol. The Hall–Kier alpha value is -1.14. The smallest absolute Gasteiger partial charge is 0.215 e. The highest BCUT2D eigenvalue weighted by molar-refractivity contribution is 6.35. The Balaban J connectivity index is 1.96. The van der Waals surface area contributed by atoms with Crippen LogP contribution in [0.25, 0.3) is 0 Å². The van der Waals surface area contributed by atoms with E-state index < -0.39 is 5.79 Å². The minimum atomic E-state index is -0.941. The van der Waals surface area contributed by atoms with Gasteiger partial charge in [0, 0.05) is 10.6 Å². The molecule has 1 aliphatic rings. The molecule has 0 saturated carbocycles. The molecule has 7 heteroatoms. The third-order valence-electron chi connectivity index (χ3n) is 3.67. The highest BCUT2D eigenvalue weighted by Crippen LogP contribution is 2.41. The van der Waals surface area contributed by atoms with Crippen molar-refractivity contribution in [2.24, 2.45) is 0 Å². The lowest BCUT2D eigenvalue weighted by molar-refractivity contribution is -0.187. The third-order valence-corrected chi connectivity index (χ3v) is 4.22. The van der Waals surface area contributed by atoms with E-state index in [1.165, 1.54) is 0 Å². The summed E-state index contributed by atoms with van der Waals surface area (Å²) < 4.78 is 14.1. The summed E-state index contributed by atoms with van der Waals surface area (Å²) in [6, 6.07) is 5.34. The molecule has 1 saturated heterocycles. The number of hydrogen-bond acceptors (Lipinski definition) is 4. The minimum Gasteiger partial charge on any atom is -0.342 e. The second kappa shape index (κ2) is 6.54. The van der Waals surface area contributed by atoms with Crippen LogP contribution in [0.5, 0.6) is 0 Å². The predicted octanol–water partition coefficient (Wildman–Crippen LogP) is 3.65. The molecule has 0 radical (unpaired) electrons. The molecule has 1 aliphatic heterocycles. The van der Waals surface area contributed by atoms with Crippen molar-refractivity contribution < 1.29 is 9.47 Å². The lowest BCUT2D eigenvalue weighted by atomic mass is 10.1. The van der Waals surface area contributed by atoms with Crippen LogP contribution in [0, 0.1) is 0 Å². The summed E-state index contributed by atoms with van der Waals surface area (Å²) in [7, 11) is 0. The standard InChI is InChI=1S/C15H17Cl2N3O2/c1-2-3-12-7-21-15(22-12,8-20-9-18-19-10-20)13-5-4-11(16)6-14(13)17/h4-6,9-10,12H,2-3,7-8H2,1H3. The van der Waals surface area contributed by atoms with E-state index in [4.69, 9.17) is 32.7 Å². The average molecular weight is 342 g/mol. The highest BCUT2D eigenvalue weighted by atomic mass is 35.5. The molecular weight excluding hydrogens is 325 g/mol. The van der Waals surface area contributed by atoms with E-state index >= 15 is 0 Å². The Labute approximate surface area is 139 Å². The van der Waals surface area contributed by atoms with Crippen molar-refractivity contribution in [1.82, 2.24) is 14.8 Å². The Kier molecular flexibility index (Phi) is 4.68. The van der Waals surface area contributed by atoms with Gasteiger partial charge in [0.15, 0.2) is 0 Å². The summed E-state index contributed by atoms with van der Waals surface area (Å²) in [4.78, 5) is 0. The molecule has 0 amide bonds. The highest BCUT2D eigenvalue weighted by Gasteiger charge is 2.44. The van der Waals surface area contributed by atoms with Crippen LogP contribution in [0.4, 0.5) is 0 Å². The van der Waals surface area contributed by atoms with Crippen LogP contribution >= 0.6 is 23.2 Å². The van der Waals surface area contributed by atoms with Gasteiger partial charge in [0.1, 0.15) is 12.7 Å². The van der Waals surface area contributed by atoms with Gasteiger partial charge < -0.3 is 14.0 Å². The summed E-state index contributed by atoms with van der Waals surface area (Å²) in [5.74, 6) is -0.941. The van der Waals surface area contributed by atoms with Crippen molar-refractivity contribution in [3.63, 3.8) is 0 Å². The van der Waals surface area contributed by atoms with Crippen LogP contribution in [0.1, 0.15) is 25.3 Å². The summed E-state index contributed by atoms with van der Waals surface area (Å²) in [5.41, 5.74) is 0.769. The number of rotatable bonds is 5. The number of ether oxygens (including phenoxy) is 2. The fourth-order valence-corrected chi connectivity index (χ4v) is 3.23. The lowest BCUT2D eigenvalue weighted by Crippen LogP contribution is -2.33. The van der Waals surface area contributed by atoms with Crippen LogP contribution in [0.2, 0.25) is 10.0 Å². The molecule has 1 aromatic carbocycles. The molecule has 3 rings (SSSR count). The van der Waals surface area contributed by atoms with E-state index in [1.54, 1.807) is 24.8 Å². The van der Waals surface area contributed by atoms with Crippen molar-refractivity contribution in [1.29, 1.82) is 0 Å². The number of benzene rings is 1. The first-order valence-corrected chi connectivity index (χ1v) is 7.98. The van der Waals surface area contributed by atoms with Gasteiger partial charge in [-0.1, -0.05) is 42.6 Å². The molecule has 0 spiro atoms. The van der Waals surface area contributed by atoms with Crippen molar-refractivity contribution in [3.8, 4) is 0 Å². The van der Waals surface area contributed by atoms with Gasteiger partial charge in [0.05, 0.1) is 24.3 Å². The first-order chi connectivity index (χ1) is 10.6. The molecule has 1 fully saturated rings. The molecule has 0 aliphatic carbocycles. The zero-order valence-electron chi connectivity index (χ0n) is 12.2. The first kappa shape index (κ1) is 15.7. The zero-order valence-corrected chi connectivity index (χ0v) is 13.7. The van der Waals surface area contributed by atoms with Crippen molar-refractivity contribution in [2.45, 2.75) is 38.2 Å². The van der Waals surface area contributed by atoms with Crippen LogP contribution in [0.15, 0.2) is 30.9 Å². The SMILES string of the molecule is CCCC1COC(Cn2cnnc2)(c2ccc(Cl)cc2Cl)O1. The Morgan fingerprint density at radius 3 is 2.77 bits per heavy atom. The van der Waals surface area contributed by atoms with E-state index in [9.17, 15) is 0 Å². The molecule has 2 aromatic rings. The predicted molar refractivity (Wildman–Crippen MR) is 83.9 cm³/mol. The van der Waals surface area contributed by atoms with Gasteiger partial charge in [-0.2, -0.15) is 0 Å². The topological polar surface area (TPSA) is 49.2 Å². The maximum atomic E-state index is 6.38. The third kappa shape index (κ3) is 3.13. The Morgan fingerprint density at radius 1 is 1.32 bits per heavy atom. The molecule has 118 valence electrons. The Morgan fingerprint density at radius 2 is 2.09 bits per heavy atom. The van der Waals surface area contributed by atoms with E-state index in [-0.39, 0.29) is 6.10 Å². The van der Waals surface area contributed by atoms with E-state index in [0.717, 1.165) is 18.4 Å². The summed E-state index contributed by atoms with van der Waals surface area (Å²) in [6.07, 6.45) is 5.28. The van der Waals surface area contributed by atoms with Gasteiger partial charge in [-0.25, -0.2) is 0 Å². The molecule has 2 atom stereocenters. The van der Waals surface area contributed by atoms with E-state index in [0.29, 0.717) is 23.2 Å². The first-order valence-electron chi connectivity index (χ1n) is 7.22. The minimum absolute atomic E-state index is 0.0493.